The molecule has 0 saturated heterocycles. The molecule has 3 rings (SSSR count). The molecule has 2 nitrogen and oxygen atoms in total. The summed E-state index contributed by atoms with van der Waals surface area (Å²) in [4.78, 5) is 2.95. The standard InChI is InChI=1S/C11H11FN2/c12-9-3-1-2-7-8(6-14-10(7)9)11(13)4-5-11/h1-3,6,14H,4-5,13H2. The molecule has 1 aliphatic carbocycles. The lowest BCUT2D eigenvalue weighted by atomic mass is 10.1. The van der Waals surface area contributed by atoms with E-state index in [0.717, 1.165) is 23.8 Å². The molecule has 0 unspecified atom stereocenters. The Morgan fingerprint density at radius 2 is 2.14 bits per heavy atom. The Bertz CT molecular complexity index is 497. The Balaban J connectivity index is 2.32. The van der Waals surface area contributed by atoms with E-state index in [-0.39, 0.29) is 11.4 Å². The molecular weight excluding hydrogens is 179 g/mol. The molecule has 3 heteroatoms. The Morgan fingerprint density at radius 3 is 2.86 bits per heavy atom. The zero-order valence-electron chi connectivity index (χ0n) is 7.68. The number of para-hydroxylation sites is 1. The number of rotatable bonds is 1. The Kier molecular flexibility index (Phi) is 1.35. The summed E-state index contributed by atoms with van der Waals surface area (Å²) in [6, 6.07) is 5.09. The zero-order chi connectivity index (χ0) is 9.76. The van der Waals surface area contributed by atoms with Crippen molar-refractivity contribution < 1.29 is 4.39 Å². The fourth-order valence-corrected chi connectivity index (χ4v) is 1.93. The quantitative estimate of drug-likeness (QED) is 0.711. The smallest absolute Gasteiger partial charge is 0.147 e. The van der Waals surface area contributed by atoms with Crippen LogP contribution in [-0.4, -0.2) is 4.98 Å². The average molecular weight is 190 g/mol. The van der Waals surface area contributed by atoms with Crippen molar-refractivity contribution in [2.45, 2.75) is 18.4 Å². The molecule has 0 bridgehead atoms. The highest BCUT2D eigenvalue weighted by atomic mass is 19.1. The van der Waals surface area contributed by atoms with Crippen molar-refractivity contribution in [1.29, 1.82) is 0 Å². The second-order valence-electron chi connectivity index (χ2n) is 4.02. The molecule has 0 aliphatic heterocycles. The molecule has 0 amide bonds. The van der Waals surface area contributed by atoms with E-state index in [4.69, 9.17) is 5.73 Å². The van der Waals surface area contributed by atoms with Crippen molar-refractivity contribution in [1.82, 2.24) is 4.98 Å². The lowest BCUT2D eigenvalue weighted by Gasteiger charge is -2.05. The van der Waals surface area contributed by atoms with Crippen LogP contribution < -0.4 is 5.73 Å². The topological polar surface area (TPSA) is 41.8 Å². The third kappa shape index (κ3) is 0.930. The van der Waals surface area contributed by atoms with Gasteiger partial charge in [0.15, 0.2) is 0 Å². The predicted octanol–water partition coefficient (Wildman–Crippen LogP) is 2.25. The van der Waals surface area contributed by atoms with Gasteiger partial charge in [0.25, 0.3) is 0 Å². The first kappa shape index (κ1) is 8.00. The molecule has 1 aromatic heterocycles. The van der Waals surface area contributed by atoms with Crippen molar-refractivity contribution in [3.05, 3.63) is 35.8 Å². The third-order valence-electron chi connectivity index (χ3n) is 2.99. The van der Waals surface area contributed by atoms with Crippen molar-refractivity contribution in [3.63, 3.8) is 0 Å². The predicted molar refractivity (Wildman–Crippen MR) is 53.4 cm³/mol. The SMILES string of the molecule is NC1(c2c[nH]c3c(F)cccc23)CC1. The Hall–Kier alpha value is -1.35. The maximum Gasteiger partial charge on any atom is 0.147 e. The third-order valence-corrected chi connectivity index (χ3v) is 2.99. The van der Waals surface area contributed by atoms with Gasteiger partial charge in [-0.1, -0.05) is 12.1 Å². The molecular formula is C11H11FN2. The van der Waals surface area contributed by atoms with E-state index in [0.29, 0.717) is 5.52 Å². The van der Waals surface area contributed by atoms with Crippen LogP contribution >= 0.6 is 0 Å². The zero-order valence-corrected chi connectivity index (χ0v) is 7.68. The number of benzene rings is 1. The lowest BCUT2D eigenvalue weighted by Crippen LogP contribution is -2.17. The van der Waals surface area contributed by atoms with E-state index < -0.39 is 0 Å². The summed E-state index contributed by atoms with van der Waals surface area (Å²) in [6.45, 7) is 0. The van der Waals surface area contributed by atoms with Crippen molar-refractivity contribution in [3.8, 4) is 0 Å². The number of aromatic amines is 1. The van der Waals surface area contributed by atoms with Crippen LogP contribution in [0.25, 0.3) is 10.9 Å². The average Bonchev–Trinajstić information content (AvgIpc) is 2.77. The first-order valence-corrected chi connectivity index (χ1v) is 4.76. The monoisotopic (exact) mass is 190 g/mol. The lowest BCUT2D eigenvalue weighted by molar-refractivity contribution is 0.637. The Morgan fingerprint density at radius 1 is 1.36 bits per heavy atom. The minimum atomic E-state index is -0.210. The summed E-state index contributed by atoms with van der Waals surface area (Å²) < 4.78 is 13.3. The molecule has 1 aromatic carbocycles. The molecule has 1 aliphatic rings. The minimum Gasteiger partial charge on any atom is -0.358 e. The molecule has 14 heavy (non-hydrogen) atoms. The number of nitrogens with one attached hydrogen (secondary N) is 1. The van der Waals surface area contributed by atoms with Crippen LogP contribution in [0, 0.1) is 5.82 Å². The van der Waals surface area contributed by atoms with Gasteiger partial charge in [-0.15, -0.1) is 0 Å². The van der Waals surface area contributed by atoms with Crippen LogP contribution in [0.4, 0.5) is 4.39 Å². The second-order valence-corrected chi connectivity index (χ2v) is 4.02. The van der Waals surface area contributed by atoms with E-state index >= 15 is 0 Å². The summed E-state index contributed by atoms with van der Waals surface area (Å²) in [5.41, 5.74) is 7.50. The molecule has 1 saturated carbocycles. The number of H-pyrrole nitrogens is 1. The van der Waals surface area contributed by atoms with Crippen LogP contribution in [0.15, 0.2) is 24.4 Å². The van der Waals surface area contributed by atoms with Gasteiger partial charge >= 0.3 is 0 Å². The summed E-state index contributed by atoms with van der Waals surface area (Å²) in [5, 5.41) is 0.921. The van der Waals surface area contributed by atoms with E-state index in [2.05, 4.69) is 4.98 Å². The van der Waals surface area contributed by atoms with Crippen LogP contribution in [0.2, 0.25) is 0 Å². The van der Waals surface area contributed by atoms with E-state index in [1.807, 2.05) is 12.3 Å². The first-order chi connectivity index (χ1) is 6.71. The van der Waals surface area contributed by atoms with Crippen molar-refractivity contribution in [2.24, 2.45) is 5.73 Å². The fourth-order valence-electron chi connectivity index (χ4n) is 1.93. The molecule has 2 aromatic rings. The van der Waals surface area contributed by atoms with Gasteiger partial charge in [0.05, 0.1) is 5.52 Å². The Labute approximate surface area is 80.9 Å². The molecule has 0 radical (unpaired) electrons. The molecule has 3 N–H and O–H groups in total. The number of hydrogen-bond donors (Lipinski definition) is 2. The normalized spacial score (nSPS) is 18.7. The number of aromatic nitrogens is 1. The highest BCUT2D eigenvalue weighted by Crippen LogP contribution is 2.45. The van der Waals surface area contributed by atoms with Crippen LogP contribution in [-0.2, 0) is 5.54 Å². The fraction of sp³-hybridized carbons (Fsp3) is 0.273. The van der Waals surface area contributed by atoms with Gasteiger partial charge in [0.1, 0.15) is 5.82 Å². The highest BCUT2D eigenvalue weighted by molar-refractivity contribution is 5.85. The van der Waals surface area contributed by atoms with Gasteiger partial charge < -0.3 is 10.7 Å². The van der Waals surface area contributed by atoms with Crippen LogP contribution in [0.3, 0.4) is 0 Å². The maximum absolute atomic E-state index is 13.3. The number of nitrogens with two attached hydrogens (primary N) is 1. The minimum absolute atomic E-state index is 0.202. The van der Waals surface area contributed by atoms with Gasteiger partial charge in [-0.05, 0) is 24.5 Å². The first-order valence-electron chi connectivity index (χ1n) is 4.76. The van der Waals surface area contributed by atoms with Crippen LogP contribution in [0.1, 0.15) is 18.4 Å². The number of fused-ring (bicyclic) bond motifs is 1. The van der Waals surface area contributed by atoms with E-state index in [9.17, 15) is 4.39 Å². The highest BCUT2D eigenvalue weighted by Gasteiger charge is 2.41. The number of hydrogen-bond acceptors (Lipinski definition) is 1. The molecule has 72 valence electrons. The van der Waals surface area contributed by atoms with Gasteiger partial charge in [-0.3, -0.25) is 0 Å². The largest absolute Gasteiger partial charge is 0.358 e. The maximum atomic E-state index is 13.3. The van der Waals surface area contributed by atoms with Crippen molar-refractivity contribution in [2.75, 3.05) is 0 Å². The van der Waals surface area contributed by atoms with Gasteiger partial charge in [-0.25, -0.2) is 4.39 Å². The summed E-state index contributed by atoms with van der Waals surface area (Å²) in [6.07, 6.45) is 3.83. The number of halogens is 1. The molecule has 1 heterocycles. The summed E-state index contributed by atoms with van der Waals surface area (Å²) in [7, 11) is 0. The second kappa shape index (κ2) is 2.36. The van der Waals surface area contributed by atoms with Crippen LogP contribution in [0.5, 0.6) is 0 Å². The van der Waals surface area contributed by atoms with Gasteiger partial charge in [-0.2, -0.15) is 0 Å². The molecule has 1 fully saturated rings. The molecule has 0 spiro atoms. The van der Waals surface area contributed by atoms with Gasteiger partial charge in [0, 0.05) is 17.1 Å². The summed E-state index contributed by atoms with van der Waals surface area (Å²) in [5.74, 6) is -0.210. The summed E-state index contributed by atoms with van der Waals surface area (Å²) >= 11 is 0. The van der Waals surface area contributed by atoms with Gasteiger partial charge in [0.2, 0.25) is 0 Å². The van der Waals surface area contributed by atoms with E-state index in [1.54, 1.807) is 6.07 Å². The molecule has 0 atom stereocenters. The van der Waals surface area contributed by atoms with Crippen molar-refractivity contribution >= 4 is 10.9 Å². The van der Waals surface area contributed by atoms with E-state index in [1.165, 1.54) is 6.07 Å².